The molecule has 4 nitrogen and oxygen atoms in total. The molecule has 0 aliphatic heterocycles. The maximum absolute atomic E-state index is 11.5. The van der Waals surface area contributed by atoms with Crippen LogP contribution in [-0.4, -0.2) is 29.1 Å². The molecule has 0 aliphatic rings. The van der Waals surface area contributed by atoms with Crippen LogP contribution >= 0.6 is 22.6 Å². The molecule has 0 spiro atoms. The molecular weight excluding hydrogens is 347 g/mol. The number of hydrogen-bond acceptors (Lipinski definition) is 4. The fourth-order valence-corrected chi connectivity index (χ4v) is 1.85. The monoisotopic (exact) mass is 370 g/mol. The van der Waals surface area contributed by atoms with E-state index in [1.807, 2.05) is 0 Å². The first-order valence-electron chi connectivity index (χ1n) is 6.55. The Morgan fingerprint density at radius 1 is 1.11 bits per heavy atom. The average Bonchev–Trinajstić information content (AvgIpc) is 2.37. The summed E-state index contributed by atoms with van der Waals surface area (Å²) in [4.78, 5) is 22.6. The number of carbonyl (C=O) groups is 2. The summed E-state index contributed by atoms with van der Waals surface area (Å²) in [5.41, 5.74) is 0. The van der Waals surface area contributed by atoms with Crippen LogP contribution in [0.3, 0.4) is 0 Å². The van der Waals surface area contributed by atoms with Crippen LogP contribution in [0.4, 0.5) is 0 Å². The predicted molar refractivity (Wildman–Crippen MR) is 78.8 cm³/mol. The zero-order valence-corrected chi connectivity index (χ0v) is 13.4. The minimum atomic E-state index is -0.360. The zero-order chi connectivity index (χ0) is 13.8. The van der Waals surface area contributed by atoms with Crippen molar-refractivity contribution >= 4 is 34.5 Å². The van der Waals surface area contributed by atoms with Crippen LogP contribution in [0.15, 0.2) is 0 Å². The highest BCUT2D eigenvalue weighted by atomic mass is 127. The molecule has 0 amide bonds. The normalized spacial score (nSPS) is 11.9. The first kappa shape index (κ1) is 17.7. The van der Waals surface area contributed by atoms with E-state index in [9.17, 15) is 9.59 Å². The quantitative estimate of drug-likeness (QED) is 0.256. The maximum atomic E-state index is 11.5. The van der Waals surface area contributed by atoms with Crippen LogP contribution in [0.1, 0.15) is 52.4 Å². The van der Waals surface area contributed by atoms with Crippen LogP contribution < -0.4 is 0 Å². The molecule has 0 radical (unpaired) electrons. The van der Waals surface area contributed by atoms with Gasteiger partial charge in [0.15, 0.2) is 0 Å². The Morgan fingerprint density at radius 3 is 2.39 bits per heavy atom. The van der Waals surface area contributed by atoms with E-state index in [0.29, 0.717) is 17.5 Å². The molecule has 0 aromatic rings. The topological polar surface area (TPSA) is 52.6 Å². The summed E-state index contributed by atoms with van der Waals surface area (Å²) in [6.45, 7) is 4.34. The van der Waals surface area contributed by atoms with Gasteiger partial charge in [-0.05, 0) is 6.42 Å². The van der Waals surface area contributed by atoms with Crippen LogP contribution in [0.5, 0.6) is 0 Å². The van der Waals surface area contributed by atoms with E-state index in [2.05, 4.69) is 29.5 Å². The van der Waals surface area contributed by atoms with Gasteiger partial charge in [-0.3, -0.25) is 9.59 Å². The second-order valence-corrected chi connectivity index (χ2v) is 4.99. The lowest BCUT2D eigenvalue weighted by Crippen LogP contribution is -2.23. The van der Waals surface area contributed by atoms with Gasteiger partial charge in [0.05, 0.1) is 13.0 Å². The molecular formula is C13H23IO4. The van der Waals surface area contributed by atoms with E-state index >= 15 is 0 Å². The van der Waals surface area contributed by atoms with Gasteiger partial charge in [0, 0.05) is 10.8 Å². The molecule has 0 aromatic heterocycles. The molecule has 0 heterocycles. The molecule has 0 bridgehead atoms. The predicted octanol–water partition coefficient (Wildman–Crippen LogP) is 3.26. The minimum absolute atomic E-state index is 0.155. The lowest BCUT2D eigenvalue weighted by molar-refractivity contribution is -0.153. The van der Waals surface area contributed by atoms with Gasteiger partial charge >= 0.3 is 11.9 Å². The molecule has 0 saturated carbocycles. The Morgan fingerprint density at radius 2 is 1.83 bits per heavy atom. The average molecular weight is 370 g/mol. The van der Waals surface area contributed by atoms with Crippen molar-refractivity contribution in [1.82, 2.24) is 0 Å². The number of halogens is 1. The van der Waals surface area contributed by atoms with Crippen molar-refractivity contribution in [2.24, 2.45) is 0 Å². The van der Waals surface area contributed by atoms with Gasteiger partial charge in [-0.1, -0.05) is 55.7 Å². The van der Waals surface area contributed by atoms with Crippen molar-refractivity contribution < 1.29 is 19.1 Å². The van der Waals surface area contributed by atoms with Crippen molar-refractivity contribution in [3.05, 3.63) is 0 Å². The van der Waals surface area contributed by atoms with Crippen molar-refractivity contribution in [2.45, 2.75) is 58.5 Å². The Labute approximate surface area is 123 Å². The Kier molecular flexibility index (Phi) is 11.5. The highest BCUT2D eigenvalue weighted by Crippen LogP contribution is 2.07. The standard InChI is InChI=1S/C13H23IO4/c1-3-5-6-7-8-17-13(16)9-11(10-14)18-12(15)4-2/h11H,3-10H2,1-2H3. The van der Waals surface area contributed by atoms with Gasteiger partial charge < -0.3 is 9.47 Å². The summed E-state index contributed by atoms with van der Waals surface area (Å²) in [6.07, 6.45) is 4.45. The van der Waals surface area contributed by atoms with Crippen LogP contribution in [0, 0.1) is 0 Å². The number of carbonyl (C=O) groups excluding carboxylic acids is 2. The molecule has 18 heavy (non-hydrogen) atoms. The largest absolute Gasteiger partial charge is 0.466 e. The van der Waals surface area contributed by atoms with Crippen molar-refractivity contribution in [2.75, 3.05) is 11.0 Å². The molecule has 0 aromatic carbocycles. The smallest absolute Gasteiger partial charge is 0.309 e. The summed E-state index contributed by atoms with van der Waals surface area (Å²) in [5.74, 6) is -0.551. The number of unbranched alkanes of at least 4 members (excludes halogenated alkanes) is 3. The third-order valence-electron chi connectivity index (χ3n) is 2.41. The summed E-state index contributed by atoms with van der Waals surface area (Å²) < 4.78 is 10.8. The van der Waals surface area contributed by atoms with Gasteiger partial charge in [-0.2, -0.15) is 0 Å². The van der Waals surface area contributed by atoms with E-state index in [-0.39, 0.29) is 24.5 Å². The van der Waals surface area contributed by atoms with E-state index in [1.54, 1.807) is 6.92 Å². The van der Waals surface area contributed by atoms with Gasteiger partial charge in [-0.15, -0.1) is 0 Å². The molecule has 1 unspecified atom stereocenters. The molecule has 0 rings (SSSR count). The van der Waals surface area contributed by atoms with Crippen LogP contribution in [0.2, 0.25) is 0 Å². The number of esters is 2. The van der Waals surface area contributed by atoms with Crippen LogP contribution in [0.25, 0.3) is 0 Å². The lowest BCUT2D eigenvalue weighted by atomic mass is 10.2. The molecule has 0 saturated heterocycles. The van der Waals surface area contributed by atoms with Gasteiger partial charge in [0.25, 0.3) is 0 Å². The molecule has 0 aliphatic carbocycles. The second-order valence-electron chi connectivity index (χ2n) is 4.10. The Balaban J connectivity index is 3.72. The van der Waals surface area contributed by atoms with Crippen molar-refractivity contribution in [3.63, 3.8) is 0 Å². The van der Waals surface area contributed by atoms with Gasteiger partial charge in [-0.25, -0.2) is 0 Å². The van der Waals surface area contributed by atoms with E-state index in [1.165, 1.54) is 6.42 Å². The third kappa shape index (κ3) is 9.67. The Hall–Kier alpha value is -0.330. The summed E-state index contributed by atoms with van der Waals surface area (Å²) in [7, 11) is 0. The summed E-state index contributed by atoms with van der Waals surface area (Å²) in [5, 5.41) is 0. The lowest BCUT2D eigenvalue weighted by Gasteiger charge is -2.14. The first-order chi connectivity index (χ1) is 8.63. The van der Waals surface area contributed by atoms with E-state index < -0.39 is 0 Å². The number of alkyl halides is 1. The molecule has 106 valence electrons. The van der Waals surface area contributed by atoms with Crippen LogP contribution in [-0.2, 0) is 19.1 Å². The molecule has 0 fully saturated rings. The number of ether oxygens (including phenoxy) is 2. The highest BCUT2D eigenvalue weighted by molar-refractivity contribution is 14.1. The maximum Gasteiger partial charge on any atom is 0.309 e. The highest BCUT2D eigenvalue weighted by Gasteiger charge is 2.17. The van der Waals surface area contributed by atoms with Gasteiger partial charge in [0.2, 0.25) is 0 Å². The summed E-state index contributed by atoms with van der Waals surface area (Å²) in [6, 6.07) is 0. The fraction of sp³-hybridized carbons (Fsp3) is 0.846. The number of hydrogen-bond donors (Lipinski definition) is 0. The van der Waals surface area contributed by atoms with Crippen molar-refractivity contribution in [3.8, 4) is 0 Å². The Bertz CT molecular complexity index is 243. The van der Waals surface area contributed by atoms with E-state index in [0.717, 1.165) is 19.3 Å². The second kappa shape index (κ2) is 11.7. The minimum Gasteiger partial charge on any atom is -0.466 e. The molecule has 0 N–H and O–H groups in total. The first-order valence-corrected chi connectivity index (χ1v) is 8.07. The number of rotatable bonds is 10. The SMILES string of the molecule is CCCCCCOC(=O)CC(CI)OC(=O)CC. The molecule has 5 heteroatoms. The molecule has 1 atom stereocenters. The van der Waals surface area contributed by atoms with Crippen molar-refractivity contribution in [1.29, 1.82) is 0 Å². The fourth-order valence-electron chi connectivity index (χ4n) is 1.36. The third-order valence-corrected chi connectivity index (χ3v) is 3.40. The zero-order valence-electron chi connectivity index (χ0n) is 11.2. The van der Waals surface area contributed by atoms with Gasteiger partial charge in [0.1, 0.15) is 6.10 Å². The summed E-state index contributed by atoms with van der Waals surface area (Å²) >= 11 is 2.10. The van der Waals surface area contributed by atoms with E-state index in [4.69, 9.17) is 9.47 Å².